The van der Waals surface area contributed by atoms with E-state index in [1.165, 1.54) is 0 Å². The SMILES string of the molecule is Cc1ccc2c(C=O)c(C)n(CCO)c2c1C(=O)O. The molecule has 2 N–H and O–H groups in total. The number of nitrogens with zero attached hydrogens (tertiary/aromatic N) is 1. The molecule has 1 aromatic carbocycles. The second-order valence-corrected chi connectivity index (χ2v) is 4.45. The summed E-state index contributed by atoms with van der Waals surface area (Å²) < 4.78 is 1.69. The van der Waals surface area contributed by atoms with Gasteiger partial charge in [0.25, 0.3) is 0 Å². The molecule has 0 aliphatic rings. The summed E-state index contributed by atoms with van der Waals surface area (Å²) in [5.74, 6) is -1.03. The summed E-state index contributed by atoms with van der Waals surface area (Å²) in [4.78, 5) is 22.6. The van der Waals surface area contributed by atoms with E-state index in [0.717, 1.165) is 6.29 Å². The standard InChI is InChI=1S/C14H15NO4/c1-8-3-4-10-11(7-17)9(2)15(5-6-16)13(10)12(8)14(18)19/h3-4,7,16H,5-6H2,1-2H3,(H,18,19). The highest BCUT2D eigenvalue weighted by atomic mass is 16.4. The van der Waals surface area contributed by atoms with Crippen LogP contribution in [0.2, 0.25) is 0 Å². The smallest absolute Gasteiger partial charge is 0.338 e. The summed E-state index contributed by atoms with van der Waals surface area (Å²) in [6.07, 6.45) is 0.729. The van der Waals surface area contributed by atoms with Crippen LogP contribution in [0.5, 0.6) is 0 Å². The molecule has 0 radical (unpaired) electrons. The van der Waals surface area contributed by atoms with Crippen LogP contribution < -0.4 is 0 Å². The normalized spacial score (nSPS) is 10.9. The molecule has 0 saturated carbocycles. The fourth-order valence-electron chi connectivity index (χ4n) is 2.50. The third-order valence-electron chi connectivity index (χ3n) is 3.40. The number of carboxylic acids is 1. The van der Waals surface area contributed by atoms with E-state index in [1.807, 2.05) is 0 Å². The quantitative estimate of drug-likeness (QED) is 0.822. The van der Waals surface area contributed by atoms with Gasteiger partial charge in [0.2, 0.25) is 0 Å². The molecule has 0 amide bonds. The van der Waals surface area contributed by atoms with Gasteiger partial charge in [0.1, 0.15) is 0 Å². The lowest BCUT2D eigenvalue weighted by atomic mass is 10.0. The van der Waals surface area contributed by atoms with Crippen LogP contribution in [0.1, 0.15) is 32.0 Å². The van der Waals surface area contributed by atoms with Gasteiger partial charge in [-0.15, -0.1) is 0 Å². The van der Waals surface area contributed by atoms with Gasteiger partial charge in [0, 0.05) is 23.2 Å². The topological polar surface area (TPSA) is 79.5 Å². The Hall–Kier alpha value is -2.14. The zero-order chi connectivity index (χ0) is 14.2. The molecule has 0 bridgehead atoms. The van der Waals surface area contributed by atoms with Crippen molar-refractivity contribution in [3.63, 3.8) is 0 Å². The average molecular weight is 261 g/mol. The first-order chi connectivity index (χ1) is 9.02. The minimum Gasteiger partial charge on any atom is -0.478 e. The van der Waals surface area contributed by atoms with Crippen molar-refractivity contribution in [3.05, 3.63) is 34.5 Å². The number of hydrogen-bond donors (Lipinski definition) is 2. The number of aliphatic hydroxyl groups is 1. The van der Waals surface area contributed by atoms with Gasteiger partial charge in [-0.05, 0) is 19.4 Å². The Kier molecular flexibility index (Phi) is 3.40. The number of carbonyl (C=O) groups excluding carboxylic acids is 1. The summed E-state index contributed by atoms with van der Waals surface area (Å²) in [5.41, 5.74) is 2.47. The fourth-order valence-corrected chi connectivity index (χ4v) is 2.50. The first-order valence-corrected chi connectivity index (χ1v) is 5.94. The summed E-state index contributed by atoms with van der Waals surface area (Å²) >= 11 is 0. The van der Waals surface area contributed by atoms with Crippen molar-refractivity contribution in [1.82, 2.24) is 4.57 Å². The highest BCUT2D eigenvalue weighted by molar-refractivity contribution is 6.09. The number of benzene rings is 1. The molecular formula is C14H15NO4. The summed E-state index contributed by atoms with van der Waals surface area (Å²) in [5, 5.41) is 19.1. The van der Waals surface area contributed by atoms with Gasteiger partial charge in [-0.3, -0.25) is 4.79 Å². The van der Waals surface area contributed by atoms with Gasteiger partial charge in [-0.25, -0.2) is 4.79 Å². The number of aryl methyl sites for hydroxylation is 1. The number of aromatic carboxylic acids is 1. The lowest BCUT2D eigenvalue weighted by Gasteiger charge is -2.09. The number of carboxylic acid groups (broad SMARTS) is 1. The highest BCUT2D eigenvalue weighted by Crippen LogP contribution is 2.29. The first-order valence-electron chi connectivity index (χ1n) is 5.94. The van der Waals surface area contributed by atoms with Crippen molar-refractivity contribution in [2.24, 2.45) is 0 Å². The Morgan fingerprint density at radius 3 is 2.58 bits per heavy atom. The molecule has 0 aliphatic heterocycles. The molecule has 0 fully saturated rings. The number of fused-ring (bicyclic) bond motifs is 1. The van der Waals surface area contributed by atoms with Crippen LogP contribution in [-0.2, 0) is 6.54 Å². The van der Waals surface area contributed by atoms with Gasteiger partial charge in [0.05, 0.1) is 17.7 Å². The van der Waals surface area contributed by atoms with E-state index in [-0.39, 0.29) is 18.7 Å². The molecule has 5 heteroatoms. The second kappa shape index (κ2) is 4.85. The summed E-state index contributed by atoms with van der Waals surface area (Å²) in [6.45, 7) is 3.62. The highest BCUT2D eigenvalue weighted by Gasteiger charge is 2.20. The predicted octanol–water partition coefficient (Wildman–Crippen LogP) is 1.76. The molecule has 0 aliphatic carbocycles. The van der Waals surface area contributed by atoms with Gasteiger partial charge in [-0.1, -0.05) is 12.1 Å². The molecule has 100 valence electrons. The van der Waals surface area contributed by atoms with Crippen LogP contribution in [-0.4, -0.2) is 33.6 Å². The van der Waals surface area contributed by atoms with Crippen molar-refractivity contribution in [3.8, 4) is 0 Å². The van der Waals surface area contributed by atoms with E-state index in [9.17, 15) is 14.7 Å². The molecule has 19 heavy (non-hydrogen) atoms. The molecule has 5 nitrogen and oxygen atoms in total. The number of rotatable bonds is 4. The lowest BCUT2D eigenvalue weighted by molar-refractivity contribution is 0.0697. The third kappa shape index (κ3) is 1.92. The monoisotopic (exact) mass is 261 g/mol. The molecule has 2 aromatic rings. The van der Waals surface area contributed by atoms with Gasteiger partial charge in [-0.2, -0.15) is 0 Å². The fraction of sp³-hybridized carbons (Fsp3) is 0.286. The lowest BCUT2D eigenvalue weighted by Crippen LogP contribution is -2.09. The van der Waals surface area contributed by atoms with Gasteiger partial charge in [0.15, 0.2) is 6.29 Å². The number of aldehydes is 1. The van der Waals surface area contributed by atoms with Crippen molar-refractivity contribution in [2.75, 3.05) is 6.61 Å². The first kappa shape index (κ1) is 13.3. The van der Waals surface area contributed by atoms with E-state index >= 15 is 0 Å². The predicted molar refractivity (Wildman–Crippen MR) is 70.8 cm³/mol. The number of aliphatic hydroxyl groups excluding tert-OH is 1. The molecule has 0 spiro atoms. The van der Waals surface area contributed by atoms with Crippen molar-refractivity contribution < 1.29 is 19.8 Å². The van der Waals surface area contributed by atoms with E-state index in [1.54, 1.807) is 30.5 Å². The van der Waals surface area contributed by atoms with E-state index in [4.69, 9.17) is 5.11 Å². The van der Waals surface area contributed by atoms with Gasteiger partial charge < -0.3 is 14.8 Å². The third-order valence-corrected chi connectivity index (χ3v) is 3.40. The average Bonchev–Trinajstić information content (AvgIpc) is 2.62. The Balaban J connectivity index is 2.98. The summed E-state index contributed by atoms with van der Waals surface area (Å²) in [6, 6.07) is 3.45. The molecule has 0 saturated heterocycles. The zero-order valence-corrected chi connectivity index (χ0v) is 10.8. The number of carbonyl (C=O) groups is 2. The Labute approximate surface area is 110 Å². The van der Waals surface area contributed by atoms with E-state index < -0.39 is 5.97 Å². The van der Waals surface area contributed by atoms with Crippen molar-refractivity contribution in [2.45, 2.75) is 20.4 Å². The molecule has 0 atom stereocenters. The van der Waals surface area contributed by atoms with Gasteiger partial charge >= 0.3 is 5.97 Å². The Morgan fingerprint density at radius 2 is 2.05 bits per heavy atom. The van der Waals surface area contributed by atoms with Crippen LogP contribution in [0.25, 0.3) is 10.9 Å². The molecule has 1 heterocycles. The Morgan fingerprint density at radius 1 is 1.37 bits per heavy atom. The largest absolute Gasteiger partial charge is 0.478 e. The van der Waals surface area contributed by atoms with Crippen LogP contribution in [0.3, 0.4) is 0 Å². The second-order valence-electron chi connectivity index (χ2n) is 4.45. The van der Waals surface area contributed by atoms with Crippen LogP contribution >= 0.6 is 0 Å². The maximum absolute atomic E-state index is 11.4. The van der Waals surface area contributed by atoms with Crippen LogP contribution in [0.4, 0.5) is 0 Å². The molecule has 2 rings (SSSR count). The summed E-state index contributed by atoms with van der Waals surface area (Å²) in [7, 11) is 0. The number of aromatic nitrogens is 1. The zero-order valence-electron chi connectivity index (χ0n) is 10.8. The maximum atomic E-state index is 11.4. The van der Waals surface area contributed by atoms with Crippen LogP contribution in [0.15, 0.2) is 12.1 Å². The van der Waals surface area contributed by atoms with Crippen molar-refractivity contribution >= 4 is 23.2 Å². The molecule has 0 unspecified atom stereocenters. The van der Waals surface area contributed by atoms with Crippen molar-refractivity contribution in [1.29, 1.82) is 0 Å². The van der Waals surface area contributed by atoms with E-state index in [2.05, 4.69) is 0 Å². The molecule has 1 aromatic heterocycles. The maximum Gasteiger partial charge on any atom is 0.338 e. The van der Waals surface area contributed by atoms with E-state index in [0.29, 0.717) is 27.7 Å². The number of hydrogen-bond acceptors (Lipinski definition) is 3. The molecular weight excluding hydrogens is 246 g/mol. The Bertz CT molecular complexity index is 670. The minimum atomic E-state index is -1.03. The minimum absolute atomic E-state index is 0.115. The van der Waals surface area contributed by atoms with Crippen LogP contribution in [0, 0.1) is 13.8 Å².